The lowest BCUT2D eigenvalue weighted by Crippen LogP contribution is -2.36. The molecule has 1 fully saturated rings. The van der Waals surface area contributed by atoms with E-state index in [1.165, 1.54) is 12.3 Å². The Labute approximate surface area is 106 Å². The summed E-state index contributed by atoms with van der Waals surface area (Å²) in [4.78, 5) is 15.8. The molecule has 98 valence electrons. The highest BCUT2D eigenvalue weighted by Crippen LogP contribution is 2.25. The lowest BCUT2D eigenvalue weighted by molar-refractivity contribution is 0.0925. The number of halogens is 1. The molecular formula is C13H18FN3O. The highest BCUT2D eigenvalue weighted by atomic mass is 19.1. The summed E-state index contributed by atoms with van der Waals surface area (Å²) in [6.45, 7) is 2.11. The van der Waals surface area contributed by atoms with E-state index in [0.29, 0.717) is 5.92 Å². The van der Waals surface area contributed by atoms with E-state index in [2.05, 4.69) is 22.5 Å². The number of amides is 1. The van der Waals surface area contributed by atoms with Gasteiger partial charge in [0.05, 0.1) is 5.56 Å². The lowest BCUT2D eigenvalue weighted by atomic mass is 10.1. The van der Waals surface area contributed by atoms with Crippen molar-refractivity contribution in [2.24, 2.45) is 5.92 Å². The second-order valence-corrected chi connectivity index (χ2v) is 4.76. The van der Waals surface area contributed by atoms with Crippen molar-refractivity contribution in [1.82, 2.24) is 10.3 Å². The lowest BCUT2D eigenvalue weighted by Gasteiger charge is -2.17. The third-order valence-electron chi connectivity index (χ3n) is 3.55. The molecular weight excluding hydrogens is 233 g/mol. The van der Waals surface area contributed by atoms with Gasteiger partial charge in [-0.05, 0) is 24.8 Å². The first-order chi connectivity index (χ1) is 8.63. The van der Waals surface area contributed by atoms with Crippen LogP contribution < -0.4 is 10.6 Å². The van der Waals surface area contributed by atoms with Crippen LogP contribution in [0.2, 0.25) is 0 Å². The van der Waals surface area contributed by atoms with Crippen LogP contribution in [0.5, 0.6) is 0 Å². The minimum atomic E-state index is -0.594. The summed E-state index contributed by atoms with van der Waals surface area (Å²) in [5.74, 6) is -0.391. The quantitative estimate of drug-likeness (QED) is 0.865. The maximum absolute atomic E-state index is 13.9. The third-order valence-corrected chi connectivity index (χ3v) is 3.55. The fourth-order valence-corrected chi connectivity index (χ4v) is 2.40. The number of nitrogens with one attached hydrogen (secondary N) is 2. The van der Waals surface area contributed by atoms with Gasteiger partial charge in [0.25, 0.3) is 5.91 Å². The summed E-state index contributed by atoms with van der Waals surface area (Å²) in [6, 6.07) is 1.56. The third kappa shape index (κ3) is 2.44. The largest absolute Gasteiger partial charge is 0.371 e. The van der Waals surface area contributed by atoms with Crippen molar-refractivity contribution in [3.05, 3.63) is 23.6 Å². The molecule has 1 aromatic heterocycles. The maximum Gasteiger partial charge on any atom is 0.254 e. The van der Waals surface area contributed by atoms with Crippen molar-refractivity contribution in [3.8, 4) is 0 Å². The Bertz CT molecular complexity index is 450. The highest BCUT2D eigenvalue weighted by Gasteiger charge is 2.26. The molecule has 5 heteroatoms. The van der Waals surface area contributed by atoms with E-state index in [9.17, 15) is 9.18 Å². The summed E-state index contributed by atoms with van der Waals surface area (Å²) >= 11 is 0. The summed E-state index contributed by atoms with van der Waals surface area (Å²) in [5.41, 5.74) is 0.0495. The van der Waals surface area contributed by atoms with Gasteiger partial charge in [-0.1, -0.05) is 13.3 Å². The molecule has 2 N–H and O–H groups in total. The normalized spacial score (nSPS) is 22.8. The van der Waals surface area contributed by atoms with E-state index in [1.54, 1.807) is 7.05 Å². The van der Waals surface area contributed by atoms with Crippen LogP contribution in [0, 0.1) is 11.7 Å². The number of carbonyl (C=O) groups is 1. The topological polar surface area (TPSA) is 54.0 Å². The van der Waals surface area contributed by atoms with Gasteiger partial charge >= 0.3 is 0 Å². The van der Waals surface area contributed by atoms with Gasteiger partial charge in [-0.2, -0.15) is 0 Å². The first kappa shape index (κ1) is 12.8. The van der Waals surface area contributed by atoms with E-state index in [0.717, 1.165) is 19.3 Å². The van der Waals surface area contributed by atoms with Crippen molar-refractivity contribution >= 4 is 11.7 Å². The zero-order valence-electron chi connectivity index (χ0n) is 10.7. The van der Waals surface area contributed by atoms with E-state index < -0.39 is 5.82 Å². The van der Waals surface area contributed by atoms with Crippen LogP contribution >= 0.6 is 0 Å². The van der Waals surface area contributed by atoms with Crippen LogP contribution in [0.1, 0.15) is 36.5 Å². The fraction of sp³-hybridized carbons (Fsp3) is 0.538. The van der Waals surface area contributed by atoms with Crippen molar-refractivity contribution in [3.63, 3.8) is 0 Å². The maximum atomic E-state index is 13.9. The molecule has 0 radical (unpaired) electrons. The van der Waals surface area contributed by atoms with E-state index >= 15 is 0 Å². The number of hydrogen-bond acceptors (Lipinski definition) is 3. The van der Waals surface area contributed by atoms with Crippen LogP contribution in [0.15, 0.2) is 12.3 Å². The summed E-state index contributed by atoms with van der Waals surface area (Å²) < 4.78 is 13.9. The number of carbonyl (C=O) groups excluding carboxylic acids is 1. The monoisotopic (exact) mass is 251 g/mol. The molecule has 1 heterocycles. The van der Waals surface area contributed by atoms with Gasteiger partial charge in [0, 0.05) is 19.3 Å². The predicted molar refractivity (Wildman–Crippen MR) is 68.0 cm³/mol. The average molecular weight is 251 g/mol. The Hall–Kier alpha value is -1.65. The Morgan fingerprint density at radius 3 is 2.89 bits per heavy atom. The zero-order chi connectivity index (χ0) is 13.1. The second kappa shape index (κ2) is 5.33. The van der Waals surface area contributed by atoms with E-state index in [1.807, 2.05) is 0 Å². The predicted octanol–water partition coefficient (Wildman–Crippen LogP) is 2.18. The van der Waals surface area contributed by atoms with Crippen molar-refractivity contribution in [2.45, 2.75) is 32.2 Å². The van der Waals surface area contributed by atoms with Crippen LogP contribution in [0.3, 0.4) is 0 Å². The Balaban J connectivity index is 2.13. The zero-order valence-corrected chi connectivity index (χ0v) is 10.7. The molecule has 18 heavy (non-hydrogen) atoms. The van der Waals surface area contributed by atoms with Crippen LogP contribution in [0.4, 0.5) is 10.2 Å². The number of rotatable bonds is 3. The fourth-order valence-electron chi connectivity index (χ4n) is 2.40. The molecule has 1 amide bonds. The van der Waals surface area contributed by atoms with Crippen LogP contribution in [-0.4, -0.2) is 24.0 Å². The molecule has 0 bridgehead atoms. The molecule has 1 saturated carbocycles. The van der Waals surface area contributed by atoms with Crippen molar-refractivity contribution in [2.75, 3.05) is 12.4 Å². The van der Waals surface area contributed by atoms with Crippen molar-refractivity contribution in [1.29, 1.82) is 0 Å². The second-order valence-electron chi connectivity index (χ2n) is 4.76. The minimum Gasteiger partial charge on any atom is -0.371 e. The average Bonchev–Trinajstić information content (AvgIpc) is 2.75. The molecule has 1 aliphatic rings. The van der Waals surface area contributed by atoms with Gasteiger partial charge in [-0.25, -0.2) is 9.37 Å². The van der Waals surface area contributed by atoms with E-state index in [4.69, 9.17) is 0 Å². The SMILES string of the molecule is CNc1nccc(C(=O)NC2CCCC2C)c1F. The van der Waals surface area contributed by atoms with Crippen LogP contribution in [0.25, 0.3) is 0 Å². The first-order valence-electron chi connectivity index (χ1n) is 6.26. The molecule has 0 aliphatic heterocycles. The number of nitrogens with zero attached hydrogens (tertiary/aromatic N) is 1. The van der Waals surface area contributed by atoms with Crippen molar-refractivity contribution < 1.29 is 9.18 Å². The molecule has 0 spiro atoms. The molecule has 0 aromatic carbocycles. The molecule has 1 aliphatic carbocycles. The Morgan fingerprint density at radius 2 is 2.28 bits per heavy atom. The molecule has 2 atom stereocenters. The molecule has 1 aromatic rings. The van der Waals surface area contributed by atoms with E-state index in [-0.39, 0.29) is 23.3 Å². The van der Waals surface area contributed by atoms with Gasteiger partial charge in [0.2, 0.25) is 0 Å². The number of pyridine rings is 1. The molecule has 4 nitrogen and oxygen atoms in total. The van der Waals surface area contributed by atoms with Gasteiger partial charge in [-0.15, -0.1) is 0 Å². The van der Waals surface area contributed by atoms with Gasteiger partial charge in [-0.3, -0.25) is 4.79 Å². The Kier molecular flexibility index (Phi) is 3.79. The Morgan fingerprint density at radius 1 is 1.50 bits per heavy atom. The smallest absolute Gasteiger partial charge is 0.254 e. The summed E-state index contributed by atoms with van der Waals surface area (Å²) in [5, 5.41) is 5.53. The van der Waals surface area contributed by atoms with Gasteiger partial charge < -0.3 is 10.6 Å². The minimum absolute atomic E-state index is 0.0495. The molecule has 0 saturated heterocycles. The highest BCUT2D eigenvalue weighted by molar-refractivity contribution is 5.95. The van der Waals surface area contributed by atoms with Gasteiger partial charge in [0.15, 0.2) is 11.6 Å². The standard InChI is InChI=1S/C13H18FN3O/c1-8-4-3-5-10(8)17-13(18)9-6-7-16-12(15-2)11(9)14/h6-8,10H,3-5H2,1-2H3,(H,15,16)(H,17,18). The molecule has 2 rings (SSSR count). The summed E-state index contributed by atoms with van der Waals surface area (Å²) in [7, 11) is 1.58. The van der Waals surface area contributed by atoms with Crippen LogP contribution in [-0.2, 0) is 0 Å². The number of hydrogen-bond donors (Lipinski definition) is 2. The summed E-state index contributed by atoms with van der Waals surface area (Å²) in [6.07, 6.45) is 4.64. The van der Waals surface area contributed by atoms with Gasteiger partial charge in [0.1, 0.15) is 0 Å². The number of aromatic nitrogens is 1. The molecule has 2 unspecified atom stereocenters. The number of anilines is 1. The first-order valence-corrected chi connectivity index (χ1v) is 6.26.